The van der Waals surface area contributed by atoms with Crippen LogP contribution in [0.4, 0.5) is 0 Å². The van der Waals surface area contributed by atoms with Crippen LogP contribution in [0.1, 0.15) is 36.8 Å². The molecule has 1 heterocycles. The standard InChI is InChI=1S/C22H28N2O3.ClH/c1-16-7-4-5-8-19(16)17-13-18-15-24(21(26)9-3-2-6-10-23)11-12-27-22(18)20(25)14-17;/h4-5,7-8,13-14,25H,2-3,6,9-12,15,23H2,1H3;1H. The van der Waals surface area contributed by atoms with Gasteiger partial charge < -0.3 is 20.5 Å². The molecular formula is C22H29ClN2O3. The number of hydrogen-bond acceptors (Lipinski definition) is 4. The number of carbonyl (C=O) groups is 1. The molecule has 0 saturated heterocycles. The second-order valence-corrected chi connectivity index (χ2v) is 7.06. The van der Waals surface area contributed by atoms with E-state index < -0.39 is 0 Å². The number of hydrogen-bond donors (Lipinski definition) is 2. The monoisotopic (exact) mass is 404 g/mol. The second kappa shape index (κ2) is 10.3. The van der Waals surface area contributed by atoms with Crippen molar-refractivity contribution in [3.63, 3.8) is 0 Å². The molecule has 28 heavy (non-hydrogen) atoms. The van der Waals surface area contributed by atoms with Crippen molar-refractivity contribution in [2.75, 3.05) is 19.7 Å². The topological polar surface area (TPSA) is 75.8 Å². The fraction of sp³-hybridized carbons (Fsp3) is 0.409. The minimum atomic E-state index is 0. The summed E-state index contributed by atoms with van der Waals surface area (Å²) in [7, 11) is 0. The molecule has 2 aromatic rings. The van der Waals surface area contributed by atoms with Gasteiger partial charge >= 0.3 is 0 Å². The normalized spacial score (nSPS) is 13.1. The molecule has 3 N–H and O–H groups in total. The third-order valence-corrected chi connectivity index (χ3v) is 5.02. The first kappa shape index (κ1) is 22.1. The molecule has 1 aliphatic heterocycles. The number of amides is 1. The largest absolute Gasteiger partial charge is 0.504 e. The summed E-state index contributed by atoms with van der Waals surface area (Å²) in [4.78, 5) is 14.4. The average molecular weight is 405 g/mol. The van der Waals surface area contributed by atoms with Gasteiger partial charge in [0.15, 0.2) is 11.5 Å². The van der Waals surface area contributed by atoms with Gasteiger partial charge in [0, 0.05) is 18.5 Å². The number of fused-ring (bicyclic) bond motifs is 1. The van der Waals surface area contributed by atoms with Gasteiger partial charge in [-0.15, -0.1) is 12.4 Å². The predicted molar refractivity (Wildman–Crippen MR) is 114 cm³/mol. The van der Waals surface area contributed by atoms with E-state index in [0.717, 1.165) is 41.5 Å². The number of aromatic hydroxyl groups is 1. The van der Waals surface area contributed by atoms with Crippen molar-refractivity contribution in [2.45, 2.75) is 39.2 Å². The van der Waals surface area contributed by atoms with Crippen molar-refractivity contribution < 1.29 is 14.6 Å². The summed E-state index contributed by atoms with van der Waals surface area (Å²) in [5.74, 6) is 0.748. The van der Waals surface area contributed by atoms with Gasteiger partial charge in [0.2, 0.25) is 5.91 Å². The Bertz CT molecular complexity index is 810. The van der Waals surface area contributed by atoms with Gasteiger partial charge in [0.1, 0.15) is 6.61 Å². The molecule has 0 fully saturated rings. The molecule has 0 aliphatic carbocycles. The zero-order chi connectivity index (χ0) is 19.2. The maximum absolute atomic E-state index is 12.6. The average Bonchev–Trinajstić information content (AvgIpc) is 2.88. The molecule has 5 nitrogen and oxygen atoms in total. The molecule has 0 unspecified atom stereocenters. The summed E-state index contributed by atoms with van der Waals surface area (Å²) in [5, 5.41) is 10.5. The van der Waals surface area contributed by atoms with E-state index in [2.05, 4.69) is 0 Å². The van der Waals surface area contributed by atoms with Crippen LogP contribution >= 0.6 is 12.4 Å². The van der Waals surface area contributed by atoms with E-state index in [1.165, 1.54) is 0 Å². The number of phenols is 1. The van der Waals surface area contributed by atoms with Gasteiger partial charge in [0.25, 0.3) is 0 Å². The lowest BCUT2D eigenvalue weighted by Crippen LogP contribution is -2.32. The number of nitrogens with two attached hydrogens (primary N) is 1. The number of halogens is 1. The Morgan fingerprint density at radius 1 is 1.21 bits per heavy atom. The molecule has 0 atom stereocenters. The zero-order valence-corrected chi connectivity index (χ0v) is 17.1. The fourth-order valence-corrected chi connectivity index (χ4v) is 3.52. The smallest absolute Gasteiger partial charge is 0.222 e. The summed E-state index contributed by atoms with van der Waals surface area (Å²) in [6.45, 7) is 4.09. The van der Waals surface area contributed by atoms with Crippen molar-refractivity contribution in [2.24, 2.45) is 5.73 Å². The van der Waals surface area contributed by atoms with Gasteiger partial charge in [-0.2, -0.15) is 0 Å². The molecule has 0 spiro atoms. The highest BCUT2D eigenvalue weighted by molar-refractivity contribution is 5.85. The Labute approximate surface area is 172 Å². The van der Waals surface area contributed by atoms with Gasteiger partial charge in [0.05, 0.1) is 6.54 Å². The molecule has 6 heteroatoms. The number of benzene rings is 2. The molecule has 0 aromatic heterocycles. The lowest BCUT2D eigenvalue weighted by atomic mass is 9.97. The van der Waals surface area contributed by atoms with E-state index in [-0.39, 0.29) is 24.1 Å². The van der Waals surface area contributed by atoms with Crippen molar-refractivity contribution in [1.29, 1.82) is 0 Å². The first-order valence-electron chi connectivity index (χ1n) is 9.62. The molecule has 0 bridgehead atoms. The number of nitrogens with zero attached hydrogens (tertiary/aromatic N) is 1. The molecule has 2 aromatic carbocycles. The summed E-state index contributed by atoms with van der Waals surface area (Å²) < 4.78 is 5.76. The summed E-state index contributed by atoms with van der Waals surface area (Å²) >= 11 is 0. The van der Waals surface area contributed by atoms with Crippen LogP contribution < -0.4 is 10.5 Å². The number of unbranched alkanes of at least 4 members (excludes halogenated alkanes) is 2. The molecule has 1 amide bonds. The van der Waals surface area contributed by atoms with Crippen LogP contribution in [0.15, 0.2) is 36.4 Å². The minimum Gasteiger partial charge on any atom is -0.504 e. The minimum absolute atomic E-state index is 0. The number of phenolic OH excluding ortho intramolecular Hbond substituents is 1. The number of aryl methyl sites for hydroxylation is 1. The Morgan fingerprint density at radius 2 is 2.00 bits per heavy atom. The predicted octanol–water partition coefficient (Wildman–Crippen LogP) is 4.03. The molecule has 0 saturated carbocycles. The summed E-state index contributed by atoms with van der Waals surface area (Å²) in [6, 6.07) is 11.8. The highest BCUT2D eigenvalue weighted by Gasteiger charge is 2.22. The summed E-state index contributed by atoms with van der Waals surface area (Å²) in [5.41, 5.74) is 9.50. The van der Waals surface area contributed by atoms with Crippen LogP contribution in [0.3, 0.4) is 0 Å². The van der Waals surface area contributed by atoms with Gasteiger partial charge in [-0.1, -0.05) is 30.7 Å². The van der Waals surface area contributed by atoms with Crippen LogP contribution in [0.5, 0.6) is 11.5 Å². The fourth-order valence-electron chi connectivity index (χ4n) is 3.52. The zero-order valence-electron chi connectivity index (χ0n) is 16.3. The van der Waals surface area contributed by atoms with Crippen molar-refractivity contribution in [3.8, 4) is 22.6 Å². The van der Waals surface area contributed by atoms with Crippen LogP contribution in [0, 0.1) is 6.92 Å². The number of rotatable bonds is 6. The van der Waals surface area contributed by atoms with Gasteiger partial charge in [-0.05, 0) is 55.1 Å². The Morgan fingerprint density at radius 3 is 2.75 bits per heavy atom. The van der Waals surface area contributed by atoms with Crippen LogP contribution in [0.25, 0.3) is 11.1 Å². The van der Waals surface area contributed by atoms with Gasteiger partial charge in [-0.25, -0.2) is 0 Å². The Hall–Kier alpha value is -2.24. The van der Waals surface area contributed by atoms with E-state index in [1.54, 1.807) is 6.07 Å². The van der Waals surface area contributed by atoms with E-state index in [4.69, 9.17) is 10.5 Å². The third kappa shape index (κ3) is 5.18. The Kier molecular flexibility index (Phi) is 8.15. The van der Waals surface area contributed by atoms with E-state index in [0.29, 0.717) is 38.4 Å². The molecular weight excluding hydrogens is 376 g/mol. The number of carbonyl (C=O) groups excluding carboxylic acids is 1. The maximum atomic E-state index is 12.6. The van der Waals surface area contributed by atoms with Crippen molar-refractivity contribution >= 4 is 18.3 Å². The first-order valence-corrected chi connectivity index (χ1v) is 9.62. The summed E-state index contributed by atoms with van der Waals surface area (Å²) in [6.07, 6.45) is 3.31. The maximum Gasteiger partial charge on any atom is 0.222 e. The molecule has 152 valence electrons. The lowest BCUT2D eigenvalue weighted by molar-refractivity contribution is -0.132. The van der Waals surface area contributed by atoms with E-state index in [9.17, 15) is 9.90 Å². The number of ether oxygens (including phenoxy) is 1. The molecule has 3 rings (SSSR count). The van der Waals surface area contributed by atoms with Crippen LogP contribution in [-0.2, 0) is 11.3 Å². The first-order chi connectivity index (χ1) is 13.1. The Balaban J connectivity index is 0.00000280. The lowest BCUT2D eigenvalue weighted by Gasteiger charge is -2.20. The highest BCUT2D eigenvalue weighted by atomic mass is 35.5. The van der Waals surface area contributed by atoms with Crippen LogP contribution in [-0.4, -0.2) is 35.6 Å². The highest BCUT2D eigenvalue weighted by Crippen LogP contribution is 2.38. The van der Waals surface area contributed by atoms with Crippen LogP contribution in [0.2, 0.25) is 0 Å². The van der Waals surface area contributed by atoms with E-state index in [1.807, 2.05) is 42.2 Å². The van der Waals surface area contributed by atoms with Crippen molar-refractivity contribution in [1.82, 2.24) is 4.90 Å². The van der Waals surface area contributed by atoms with Gasteiger partial charge in [-0.3, -0.25) is 4.79 Å². The quantitative estimate of drug-likeness (QED) is 0.712. The molecule has 0 radical (unpaired) electrons. The second-order valence-electron chi connectivity index (χ2n) is 7.06. The third-order valence-electron chi connectivity index (χ3n) is 5.02. The van der Waals surface area contributed by atoms with Crippen molar-refractivity contribution in [3.05, 3.63) is 47.5 Å². The van der Waals surface area contributed by atoms with E-state index >= 15 is 0 Å². The SMILES string of the molecule is Cc1ccccc1-c1cc(O)c2c(c1)CN(C(=O)CCCCCN)CCO2.Cl. The molecule has 1 aliphatic rings.